The van der Waals surface area contributed by atoms with Crippen molar-refractivity contribution in [2.45, 2.75) is 25.3 Å². The highest BCUT2D eigenvalue weighted by Crippen LogP contribution is 2.17. The molecule has 1 unspecified atom stereocenters. The zero-order valence-electron chi connectivity index (χ0n) is 9.17. The number of halogens is 1. The first-order valence-corrected chi connectivity index (χ1v) is 5.67. The van der Waals surface area contributed by atoms with Crippen molar-refractivity contribution in [2.75, 3.05) is 7.05 Å². The number of hydrogen-bond acceptors (Lipinski definition) is 1. The predicted molar refractivity (Wildman–Crippen MR) is 67.4 cm³/mol. The Balaban J connectivity index is 2.58. The van der Waals surface area contributed by atoms with Crippen LogP contribution >= 0.6 is 11.6 Å². The predicted octanol–water partition coefficient (Wildman–Crippen LogP) is 3.44. The van der Waals surface area contributed by atoms with E-state index in [4.69, 9.17) is 11.6 Å². The Kier molecular flexibility index (Phi) is 5.44. The fraction of sp³-hybridized carbons (Fsp3) is 0.385. The summed E-state index contributed by atoms with van der Waals surface area (Å²) < 4.78 is 0. The highest BCUT2D eigenvalue weighted by Gasteiger charge is 2.08. The van der Waals surface area contributed by atoms with E-state index in [-0.39, 0.29) is 0 Å². The second-order valence-electron chi connectivity index (χ2n) is 3.65. The Labute approximate surface area is 97.1 Å². The van der Waals surface area contributed by atoms with Gasteiger partial charge in [0.2, 0.25) is 0 Å². The van der Waals surface area contributed by atoms with Gasteiger partial charge in [-0.1, -0.05) is 35.9 Å². The zero-order valence-corrected chi connectivity index (χ0v) is 9.93. The van der Waals surface area contributed by atoms with Crippen LogP contribution in [0.4, 0.5) is 0 Å². The maximum Gasteiger partial charge on any atom is 0.0438 e. The van der Waals surface area contributed by atoms with Crippen LogP contribution in [0.25, 0.3) is 0 Å². The molecule has 1 nitrogen and oxygen atoms in total. The van der Waals surface area contributed by atoms with Crippen LogP contribution in [0.2, 0.25) is 5.02 Å². The maximum atomic E-state index is 6.11. The first kappa shape index (κ1) is 12.3. The summed E-state index contributed by atoms with van der Waals surface area (Å²) >= 11 is 6.11. The van der Waals surface area contributed by atoms with Crippen LogP contribution in [0.1, 0.15) is 18.4 Å². The van der Waals surface area contributed by atoms with Gasteiger partial charge in [-0.05, 0) is 37.9 Å². The lowest BCUT2D eigenvalue weighted by molar-refractivity contribution is 0.525. The van der Waals surface area contributed by atoms with Gasteiger partial charge in [0.05, 0.1) is 0 Å². The molecular formula is C13H18ClN. The molecule has 0 aliphatic rings. The summed E-state index contributed by atoms with van der Waals surface area (Å²) in [6, 6.07) is 8.49. The van der Waals surface area contributed by atoms with Crippen molar-refractivity contribution in [3.63, 3.8) is 0 Å². The van der Waals surface area contributed by atoms with E-state index in [1.165, 1.54) is 5.56 Å². The lowest BCUT2D eigenvalue weighted by atomic mass is 10.0. The molecule has 0 fully saturated rings. The van der Waals surface area contributed by atoms with Gasteiger partial charge in [0.1, 0.15) is 0 Å². The summed E-state index contributed by atoms with van der Waals surface area (Å²) in [4.78, 5) is 0. The smallest absolute Gasteiger partial charge is 0.0438 e. The Bertz CT molecular complexity index is 309. The third-order valence-electron chi connectivity index (χ3n) is 2.55. The number of benzene rings is 1. The van der Waals surface area contributed by atoms with Crippen molar-refractivity contribution in [1.29, 1.82) is 0 Å². The van der Waals surface area contributed by atoms with E-state index in [1.807, 2.05) is 31.3 Å². The van der Waals surface area contributed by atoms with Gasteiger partial charge in [-0.2, -0.15) is 0 Å². The summed E-state index contributed by atoms with van der Waals surface area (Å²) in [7, 11) is 1.99. The first-order chi connectivity index (χ1) is 7.27. The fourth-order valence-corrected chi connectivity index (χ4v) is 1.81. The summed E-state index contributed by atoms with van der Waals surface area (Å²) in [5.41, 5.74) is 1.21. The van der Waals surface area contributed by atoms with Gasteiger partial charge in [-0.15, -0.1) is 6.58 Å². The van der Waals surface area contributed by atoms with Crippen molar-refractivity contribution in [2.24, 2.45) is 0 Å². The standard InChI is InChI=1S/C13H18ClN/c1-3-4-8-12(15-2)10-11-7-5-6-9-13(11)14/h3,5-7,9,12,15H,1,4,8,10H2,2H3. The molecule has 0 saturated heterocycles. The molecule has 0 bridgehead atoms. The van der Waals surface area contributed by atoms with E-state index in [0.29, 0.717) is 6.04 Å². The molecule has 0 amide bonds. The molecule has 0 spiro atoms. The van der Waals surface area contributed by atoms with Crippen molar-refractivity contribution in [3.05, 3.63) is 47.5 Å². The molecule has 0 radical (unpaired) electrons. The monoisotopic (exact) mass is 223 g/mol. The Morgan fingerprint density at radius 2 is 2.20 bits per heavy atom. The third-order valence-corrected chi connectivity index (χ3v) is 2.92. The van der Waals surface area contributed by atoms with Gasteiger partial charge in [0, 0.05) is 11.1 Å². The van der Waals surface area contributed by atoms with Crippen LogP contribution in [-0.4, -0.2) is 13.1 Å². The molecule has 1 aromatic rings. The van der Waals surface area contributed by atoms with Crippen LogP contribution in [-0.2, 0) is 6.42 Å². The Hall–Kier alpha value is -0.790. The number of allylic oxidation sites excluding steroid dienone is 1. The number of nitrogens with one attached hydrogen (secondary N) is 1. The lowest BCUT2D eigenvalue weighted by Crippen LogP contribution is -2.27. The maximum absolute atomic E-state index is 6.11. The van der Waals surface area contributed by atoms with E-state index in [1.54, 1.807) is 0 Å². The highest BCUT2D eigenvalue weighted by molar-refractivity contribution is 6.31. The van der Waals surface area contributed by atoms with Crippen molar-refractivity contribution in [1.82, 2.24) is 5.32 Å². The molecule has 0 heterocycles. The molecule has 0 saturated carbocycles. The van der Waals surface area contributed by atoms with Gasteiger partial charge < -0.3 is 5.32 Å². The van der Waals surface area contributed by atoms with Crippen molar-refractivity contribution >= 4 is 11.6 Å². The van der Waals surface area contributed by atoms with E-state index in [0.717, 1.165) is 24.3 Å². The van der Waals surface area contributed by atoms with Crippen LogP contribution in [0, 0.1) is 0 Å². The van der Waals surface area contributed by atoms with Crippen LogP contribution < -0.4 is 5.32 Å². The average molecular weight is 224 g/mol. The Morgan fingerprint density at radius 3 is 2.80 bits per heavy atom. The Morgan fingerprint density at radius 1 is 1.47 bits per heavy atom. The van der Waals surface area contributed by atoms with Crippen molar-refractivity contribution in [3.8, 4) is 0 Å². The molecular weight excluding hydrogens is 206 g/mol. The van der Waals surface area contributed by atoms with Crippen LogP contribution in [0.3, 0.4) is 0 Å². The molecule has 15 heavy (non-hydrogen) atoms. The van der Waals surface area contributed by atoms with E-state index in [9.17, 15) is 0 Å². The average Bonchev–Trinajstić information content (AvgIpc) is 2.26. The summed E-state index contributed by atoms with van der Waals surface area (Å²) in [5, 5.41) is 4.16. The summed E-state index contributed by atoms with van der Waals surface area (Å²) in [6.45, 7) is 3.74. The topological polar surface area (TPSA) is 12.0 Å². The highest BCUT2D eigenvalue weighted by atomic mass is 35.5. The molecule has 1 atom stereocenters. The van der Waals surface area contributed by atoms with Crippen molar-refractivity contribution < 1.29 is 0 Å². The minimum Gasteiger partial charge on any atom is -0.317 e. The third kappa shape index (κ3) is 4.06. The second kappa shape index (κ2) is 6.65. The SMILES string of the molecule is C=CCCC(Cc1ccccc1Cl)NC. The first-order valence-electron chi connectivity index (χ1n) is 5.29. The molecule has 1 rings (SSSR count). The summed E-state index contributed by atoms with van der Waals surface area (Å²) in [6.07, 6.45) is 5.07. The van der Waals surface area contributed by atoms with E-state index in [2.05, 4.69) is 18.0 Å². The lowest BCUT2D eigenvalue weighted by Gasteiger charge is -2.15. The molecule has 1 aromatic carbocycles. The van der Waals surface area contributed by atoms with E-state index < -0.39 is 0 Å². The summed E-state index contributed by atoms with van der Waals surface area (Å²) in [5.74, 6) is 0. The second-order valence-corrected chi connectivity index (χ2v) is 4.05. The molecule has 82 valence electrons. The molecule has 2 heteroatoms. The minimum absolute atomic E-state index is 0.475. The molecule has 0 aliphatic carbocycles. The van der Waals surface area contributed by atoms with Gasteiger partial charge in [0.25, 0.3) is 0 Å². The molecule has 1 N–H and O–H groups in total. The van der Waals surface area contributed by atoms with Gasteiger partial charge >= 0.3 is 0 Å². The molecule has 0 aromatic heterocycles. The van der Waals surface area contributed by atoms with E-state index >= 15 is 0 Å². The van der Waals surface area contributed by atoms with Gasteiger partial charge in [-0.3, -0.25) is 0 Å². The number of likely N-dealkylation sites (N-methyl/N-ethyl adjacent to an activating group) is 1. The minimum atomic E-state index is 0.475. The van der Waals surface area contributed by atoms with Gasteiger partial charge in [0.15, 0.2) is 0 Å². The number of rotatable bonds is 6. The quantitative estimate of drug-likeness (QED) is 0.729. The van der Waals surface area contributed by atoms with Gasteiger partial charge in [-0.25, -0.2) is 0 Å². The zero-order chi connectivity index (χ0) is 11.1. The molecule has 0 aliphatic heterocycles. The van der Waals surface area contributed by atoms with Crippen LogP contribution in [0.5, 0.6) is 0 Å². The fourth-order valence-electron chi connectivity index (χ4n) is 1.60. The largest absolute Gasteiger partial charge is 0.317 e. The number of hydrogen-bond donors (Lipinski definition) is 1. The normalized spacial score (nSPS) is 12.4. The van der Waals surface area contributed by atoms with Crippen LogP contribution in [0.15, 0.2) is 36.9 Å².